The number of aliphatic carboxylic acids is 2. The largest absolute Gasteiger partial charge is 0.481 e. The molecule has 4 rings (SSSR count). The van der Waals surface area contributed by atoms with E-state index in [0.717, 1.165) is 22.5 Å². The van der Waals surface area contributed by atoms with Gasteiger partial charge < -0.3 is 20.8 Å². The Morgan fingerprint density at radius 3 is 1.41 bits per heavy atom. The maximum absolute atomic E-state index is 10.7. The summed E-state index contributed by atoms with van der Waals surface area (Å²) in [5.41, 5.74) is 6.56. The Hall–Kier alpha value is -3.02. The summed E-state index contributed by atoms with van der Waals surface area (Å²) in [7, 11) is 0. The summed E-state index contributed by atoms with van der Waals surface area (Å²) in [5, 5.41) is 24.4. The minimum Gasteiger partial charge on any atom is -0.481 e. The summed E-state index contributed by atoms with van der Waals surface area (Å²) in [6.45, 7) is 13.0. The molecule has 2 aromatic carbocycles. The molecule has 0 spiro atoms. The van der Waals surface area contributed by atoms with E-state index in [1.54, 1.807) is 0 Å². The van der Waals surface area contributed by atoms with Gasteiger partial charge >= 0.3 is 11.9 Å². The van der Waals surface area contributed by atoms with E-state index in [1.165, 1.54) is 11.1 Å². The molecule has 0 aromatic heterocycles. The normalized spacial score (nSPS) is 21.3. The smallest absolute Gasteiger partial charge is 0.307 e. The van der Waals surface area contributed by atoms with Gasteiger partial charge in [0.05, 0.1) is 12.8 Å². The van der Waals surface area contributed by atoms with E-state index < -0.39 is 11.9 Å². The van der Waals surface area contributed by atoms with Crippen LogP contribution >= 0.6 is 0 Å². The molecular formula is C26H34N2O4. The number of carboxylic acid groups (broad SMARTS) is 2. The van der Waals surface area contributed by atoms with Gasteiger partial charge in [-0.25, -0.2) is 0 Å². The summed E-state index contributed by atoms with van der Waals surface area (Å²) >= 11 is 0. The van der Waals surface area contributed by atoms with Gasteiger partial charge in [0.1, 0.15) is 0 Å². The molecule has 0 saturated heterocycles. The van der Waals surface area contributed by atoms with E-state index in [0.29, 0.717) is 12.1 Å². The molecule has 2 aliphatic rings. The van der Waals surface area contributed by atoms with E-state index in [2.05, 4.69) is 52.2 Å². The zero-order chi connectivity index (χ0) is 23.8. The minimum absolute atomic E-state index is 0.0594. The van der Waals surface area contributed by atoms with Crippen LogP contribution in [0.2, 0.25) is 0 Å². The van der Waals surface area contributed by atoms with Crippen LogP contribution < -0.4 is 10.6 Å². The summed E-state index contributed by atoms with van der Waals surface area (Å²) in [4.78, 5) is 21.4. The Bertz CT molecular complexity index is 959. The van der Waals surface area contributed by atoms with Crippen LogP contribution in [0, 0.1) is 0 Å². The van der Waals surface area contributed by atoms with Crippen molar-refractivity contribution in [2.75, 3.05) is 10.6 Å². The van der Waals surface area contributed by atoms with Crippen LogP contribution in [0.25, 0.3) is 0 Å². The first-order valence-electron chi connectivity index (χ1n) is 11.1. The lowest BCUT2D eigenvalue weighted by Crippen LogP contribution is -2.29. The Morgan fingerprint density at radius 2 is 1.09 bits per heavy atom. The van der Waals surface area contributed by atoms with E-state index in [-0.39, 0.29) is 23.7 Å². The van der Waals surface area contributed by atoms with Crippen LogP contribution in [0.4, 0.5) is 11.4 Å². The van der Waals surface area contributed by atoms with E-state index in [1.807, 2.05) is 36.4 Å². The first kappa shape index (κ1) is 23.6. The number of nitrogens with one attached hydrogen (secondary N) is 2. The second-order valence-electron chi connectivity index (χ2n) is 10.1. The molecule has 0 radical (unpaired) electrons. The van der Waals surface area contributed by atoms with E-state index in [4.69, 9.17) is 10.2 Å². The highest BCUT2D eigenvalue weighted by Crippen LogP contribution is 2.42. The summed E-state index contributed by atoms with van der Waals surface area (Å²) in [5.74, 6) is -1.56. The van der Waals surface area contributed by atoms with Crippen LogP contribution in [0.3, 0.4) is 0 Å². The summed E-state index contributed by atoms with van der Waals surface area (Å²) in [6.07, 6.45) is 0.190. The van der Waals surface area contributed by atoms with Crippen molar-refractivity contribution in [2.45, 2.75) is 77.3 Å². The maximum atomic E-state index is 10.7. The molecule has 2 unspecified atom stereocenters. The van der Waals surface area contributed by atoms with Gasteiger partial charge in [-0.3, -0.25) is 9.59 Å². The van der Waals surface area contributed by atoms with Crippen molar-refractivity contribution < 1.29 is 19.8 Å². The molecule has 0 saturated carbocycles. The SMILES string of the molecule is CC1Nc2ccc(CC(=O)O)cc2C1(C)C.CC1Nc2ccc(CC(=O)O)cc2C1(C)C. The van der Waals surface area contributed by atoms with Crippen LogP contribution in [-0.2, 0) is 33.3 Å². The van der Waals surface area contributed by atoms with Crippen molar-refractivity contribution in [3.8, 4) is 0 Å². The first-order valence-corrected chi connectivity index (χ1v) is 11.1. The van der Waals surface area contributed by atoms with E-state index >= 15 is 0 Å². The van der Waals surface area contributed by atoms with Gasteiger partial charge in [0, 0.05) is 34.3 Å². The molecule has 6 nitrogen and oxygen atoms in total. The lowest BCUT2D eigenvalue weighted by Gasteiger charge is -2.24. The number of carboxylic acids is 2. The molecular weight excluding hydrogens is 404 g/mol. The highest BCUT2D eigenvalue weighted by molar-refractivity contribution is 5.72. The fourth-order valence-electron chi connectivity index (χ4n) is 4.36. The van der Waals surface area contributed by atoms with Crippen molar-refractivity contribution in [1.29, 1.82) is 0 Å². The number of hydrogen-bond donors (Lipinski definition) is 4. The maximum Gasteiger partial charge on any atom is 0.307 e. The number of carbonyl (C=O) groups is 2. The van der Waals surface area contributed by atoms with Gasteiger partial charge in [0.15, 0.2) is 0 Å². The number of benzene rings is 2. The number of hydrogen-bond acceptors (Lipinski definition) is 4. The molecule has 172 valence electrons. The fourth-order valence-corrected chi connectivity index (χ4v) is 4.36. The molecule has 0 bridgehead atoms. The van der Waals surface area contributed by atoms with Gasteiger partial charge in [0.2, 0.25) is 0 Å². The third-order valence-corrected chi connectivity index (χ3v) is 7.18. The third-order valence-electron chi connectivity index (χ3n) is 7.18. The highest BCUT2D eigenvalue weighted by atomic mass is 16.4. The summed E-state index contributed by atoms with van der Waals surface area (Å²) in [6, 6.07) is 12.5. The molecule has 2 aliphatic heterocycles. The molecule has 0 amide bonds. The van der Waals surface area contributed by atoms with Crippen molar-refractivity contribution in [3.63, 3.8) is 0 Å². The minimum atomic E-state index is -0.781. The third kappa shape index (κ3) is 4.59. The Balaban J connectivity index is 0.000000181. The Morgan fingerprint density at radius 1 is 0.750 bits per heavy atom. The Kier molecular flexibility index (Phi) is 6.27. The zero-order valence-corrected chi connectivity index (χ0v) is 19.7. The predicted octanol–water partition coefficient (Wildman–Crippen LogP) is 4.81. The van der Waals surface area contributed by atoms with Gasteiger partial charge in [-0.15, -0.1) is 0 Å². The van der Waals surface area contributed by atoms with Gasteiger partial charge in [-0.2, -0.15) is 0 Å². The molecule has 2 aromatic rings. The highest BCUT2D eigenvalue weighted by Gasteiger charge is 2.37. The molecule has 2 atom stereocenters. The Labute approximate surface area is 190 Å². The van der Waals surface area contributed by atoms with Crippen molar-refractivity contribution in [2.24, 2.45) is 0 Å². The molecule has 6 heteroatoms. The van der Waals surface area contributed by atoms with Crippen molar-refractivity contribution >= 4 is 23.3 Å². The average molecular weight is 439 g/mol. The number of anilines is 2. The standard InChI is InChI=1S/2C13H17NO2/c2*1-8-13(2,3)10-6-9(7-12(15)16)4-5-11(10)14-8/h2*4-6,8,14H,7H2,1-3H3,(H,15,16). The fraction of sp³-hybridized carbons (Fsp3) is 0.462. The van der Waals surface area contributed by atoms with Gasteiger partial charge in [-0.1, -0.05) is 52.0 Å². The van der Waals surface area contributed by atoms with Crippen molar-refractivity contribution in [1.82, 2.24) is 0 Å². The second-order valence-corrected chi connectivity index (χ2v) is 10.1. The first-order chi connectivity index (χ1) is 14.8. The topological polar surface area (TPSA) is 98.7 Å². The average Bonchev–Trinajstić information content (AvgIpc) is 3.04. The van der Waals surface area contributed by atoms with E-state index in [9.17, 15) is 9.59 Å². The zero-order valence-electron chi connectivity index (χ0n) is 19.7. The second kappa shape index (κ2) is 8.49. The van der Waals surface area contributed by atoms with Crippen LogP contribution in [0.1, 0.15) is 63.8 Å². The van der Waals surface area contributed by atoms with Crippen LogP contribution in [0.15, 0.2) is 36.4 Å². The predicted molar refractivity (Wildman–Crippen MR) is 128 cm³/mol. The monoisotopic (exact) mass is 438 g/mol. The lowest BCUT2D eigenvalue weighted by atomic mass is 9.81. The quantitative estimate of drug-likeness (QED) is 0.547. The van der Waals surface area contributed by atoms with Crippen LogP contribution in [-0.4, -0.2) is 34.2 Å². The molecule has 0 fully saturated rings. The van der Waals surface area contributed by atoms with Gasteiger partial charge in [-0.05, 0) is 48.2 Å². The number of rotatable bonds is 4. The van der Waals surface area contributed by atoms with Crippen molar-refractivity contribution in [3.05, 3.63) is 58.7 Å². The molecule has 2 heterocycles. The van der Waals surface area contributed by atoms with Crippen LogP contribution in [0.5, 0.6) is 0 Å². The molecule has 32 heavy (non-hydrogen) atoms. The van der Waals surface area contributed by atoms with Gasteiger partial charge in [0.25, 0.3) is 0 Å². The molecule has 0 aliphatic carbocycles. The number of fused-ring (bicyclic) bond motifs is 2. The molecule has 4 N–H and O–H groups in total. The summed E-state index contributed by atoms with van der Waals surface area (Å²) < 4.78 is 0. The lowest BCUT2D eigenvalue weighted by molar-refractivity contribution is -0.137.